The predicted octanol–water partition coefficient (Wildman–Crippen LogP) is 2.34. The topological polar surface area (TPSA) is 79.3 Å². The first-order chi connectivity index (χ1) is 9.08. The first kappa shape index (κ1) is 12.8. The van der Waals surface area contributed by atoms with Crippen molar-refractivity contribution >= 4 is 17.7 Å². The zero-order valence-electron chi connectivity index (χ0n) is 10.3. The molecule has 1 aromatic heterocycles. The van der Waals surface area contributed by atoms with Crippen LogP contribution in [0.5, 0.6) is 0 Å². The Bertz CT molecular complexity index is 638. The van der Waals surface area contributed by atoms with E-state index in [-0.39, 0.29) is 17.3 Å². The number of nitrogens with one attached hydrogen (secondary N) is 1. The average molecular weight is 256 g/mol. The molecule has 0 spiro atoms. The summed E-state index contributed by atoms with van der Waals surface area (Å²) in [5.41, 5.74) is 1.37. The summed E-state index contributed by atoms with van der Waals surface area (Å²) in [6.45, 7) is 1.88. The summed E-state index contributed by atoms with van der Waals surface area (Å²) in [6.07, 6.45) is 1.43. The summed E-state index contributed by atoms with van der Waals surface area (Å²) < 4.78 is 0. The molecule has 1 heterocycles. The Morgan fingerprint density at radius 3 is 2.68 bits per heavy atom. The first-order valence-electron chi connectivity index (χ1n) is 5.64. The van der Waals surface area contributed by atoms with Gasteiger partial charge in [-0.25, -0.2) is 9.78 Å². The first-order valence-corrected chi connectivity index (χ1v) is 5.64. The third-order valence-corrected chi connectivity index (χ3v) is 2.55. The number of nitrogens with zero attached hydrogens (tertiary/aromatic N) is 1. The lowest BCUT2D eigenvalue weighted by molar-refractivity contribution is 0.0697. The van der Waals surface area contributed by atoms with E-state index in [1.807, 2.05) is 13.0 Å². The number of pyridine rings is 1. The van der Waals surface area contributed by atoms with Gasteiger partial charge in [0.25, 0.3) is 5.91 Å². The molecule has 0 unspecified atom stereocenters. The van der Waals surface area contributed by atoms with E-state index < -0.39 is 5.97 Å². The molecule has 0 radical (unpaired) electrons. The van der Waals surface area contributed by atoms with Crippen LogP contribution in [0.1, 0.15) is 26.3 Å². The van der Waals surface area contributed by atoms with E-state index in [1.54, 1.807) is 18.2 Å². The molecule has 0 saturated heterocycles. The molecule has 0 atom stereocenters. The van der Waals surface area contributed by atoms with Crippen LogP contribution in [0.3, 0.4) is 0 Å². The molecular weight excluding hydrogens is 244 g/mol. The maximum absolute atomic E-state index is 12.0. The van der Waals surface area contributed by atoms with Gasteiger partial charge in [0, 0.05) is 11.8 Å². The van der Waals surface area contributed by atoms with Gasteiger partial charge in [-0.05, 0) is 31.2 Å². The second-order valence-corrected chi connectivity index (χ2v) is 4.03. The molecule has 1 aromatic carbocycles. The van der Waals surface area contributed by atoms with Crippen LogP contribution in [0.2, 0.25) is 0 Å². The average Bonchev–Trinajstić information content (AvgIpc) is 2.39. The molecule has 0 fully saturated rings. The molecular formula is C14H12N2O3. The number of hydrogen-bond acceptors (Lipinski definition) is 3. The van der Waals surface area contributed by atoms with Gasteiger partial charge in [0.05, 0.1) is 0 Å². The number of amides is 1. The Hall–Kier alpha value is -2.69. The molecule has 2 aromatic rings. The van der Waals surface area contributed by atoms with E-state index in [0.717, 1.165) is 5.56 Å². The minimum atomic E-state index is -1.13. The molecule has 5 nitrogen and oxygen atoms in total. The van der Waals surface area contributed by atoms with Crippen molar-refractivity contribution in [1.82, 2.24) is 4.98 Å². The number of aryl methyl sites for hydroxylation is 1. The normalized spacial score (nSPS) is 9.95. The summed E-state index contributed by atoms with van der Waals surface area (Å²) >= 11 is 0. The summed E-state index contributed by atoms with van der Waals surface area (Å²) in [7, 11) is 0. The zero-order valence-corrected chi connectivity index (χ0v) is 10.3. The number of aromatic carboxylic acids is 1. The Labute approximate surface area is 109 Å². The van der Waals surface area contributed by atoms with Crippen LogP contribution in [-0.2, 0) is 0 Å². The lowest BCUT2D eigenvalue weighted by Gasteiger charge is -2.07. The molecule has 19 heavy (non-hydrogen) atoms. The lowest BCUT2D eigenvalue weighted by atomic mass is 10.1. The second-order valence-electron chi connectivity index (χ2n) is 4.03. The Kier molecular flexibility index (Phi) is 3.56. The summed E-state index contributed by atoms with van der Waals surface area (Å²) in [5.74, 6) is -1.47. The number of carbonyl (C=O) groups is 2. The van der Waals surface area contributed by atoms with Crippen LogP contribution >= 0.6 is 0 Å². The van der Waals surface area contributed by atoms with Gasteiger partial charge in [-0.1, -0.05) is 17.7 Å². The third-order valence-electron chi connectivity index (χ3n) is 2.55. The molecule has 1 amide bonds. The van der Waals surface area contributed by atoms with Crippen molar-refractivity contribution in [2.45, 2.75) is 6.92 Å². The van der Waals surface area contributed by atoms with Gasteiger partial charge in [-0.2, -0.15) is 0 Å². The van der Waals surface area contributed by atoms with Crippen LogP contribution in [0.4, 0.5) is 5.82 Å². The van der Waals surface area contributed by atoms with Crippen molar-refractivity contribution < 1.29 is 14.7 Å². The van der Waals surface area contributed by atoms with Gasteiger partial charge in [-0.3, -0.25) is 4.79 Å². The largest absolute Gasteiger partial charge is 0.478 e. The van der Waals surface area contributed by atoms with Gasteiger partial charge in [0.15, 0.2) is 0 Å². The Balaban J connectivity index is 2.27. The lowest BCUT2D eigenvalue weighted by Crippen LogP contribution is -2.16. The summed E-state index contributed by atoms with van der Waals surface area (Å²) in [4.78, 5) is 26.9. The van der Waals surface area contributed by atoms with Crippen molar-refractivity contribution in [1.29, 1.82) is 0 Å². The number of rotatable bonds is 3. The summed E-state index contributed by atoms with van der Waals surface area (Å²) in [5, 5.41) is 11.5. The van der Waals surface area contributed by atoms with Crippen molar-refractivity contribution in [2.75, 3.05) is 5.32 Å². The molecule has 5 heteroatoms. The van der Waals surface area contributed by atoms with Crippen molar-refractivity contribution in [2.24, 2.45) is 0 Å². The number of carboxylic acids is 1. The highest BCUT2D eigenvalue weighted by Crippen LogP contribution is 2.13. The number of aromatic nitrogens is 1. The maximum atomic E-state index is 12.0. The number of benzene rings is 1. The Morgan fingerprint density at radius 2 is 2.00 bits per heavy atom. The Morgan fingerprint density at radius 1 is 1.21 bits per heavy atom. The van der Waals surface area contributed by atoms with Gasteiger partial charge in [0.1, 0.15) is 11.4 Å². The van der Waals surface area contributed by atoms with Crippen molar-refractivity contribution in [3.8, 4) is 0 Å². The molecule has 2 N–H and O–H groups in total. The van der Waals surface area contributed by atoms with Crippen LogP contribution in [0.15, 0.2) is 42.6 Å². The highest BCUT2D eigenvalue weighted by atomic mass is 16.4. The molecule has 96 valence electrons. The maximum Gasteiger partial charge on any atom is 0.339 e. The van der Waals surface area contributed by atoms with Gasteiger partial charge < -0.3 is 10.4 Å². The number of carbonyl (C=O) groups excluding carboxylic acids is 1. The third kappa shape index (κ3) is 2.95. The molecule has 0 bridgehead atoms. The minimum absolute atomic E-state index is 0.0384. The fraction of sp³-hybridized carbons (Fsp3) is 0.0714. The van der Waals surface area contributed by atoms with E-state index in [2.05, 4.69) is 10.3 Å². The van der Waals surface area contributed by atoms with Crippen LogP contribution in [0, 0.1) is 6.92 Å². The van der Waals surface area contributed by atoms with E-state index in [9.17, 15) is 9.59 Å². The number of carboxylic acid groups (broad SMARTS) is 1. The molecule has 0 saturated carbocycles. The monoisotopic (exact) mass is 256 g/mol. The van der Waals surface area contributed by atoms with Crippen molar-refractivity contribution in [3.63, 3.8) is 0 Å². The highest BCUT2D eigenvalue weighted by molar-refractivity contribution is 6.06. The van der Waals surface area contributed by atoms with E-state index in [4.69, 9.17) is 5.11 Å². The zero-order chi connectivity index (χ0) is 13.8. The van der Waals surface area contributed by atoms with Crippen LogP contribution < -0.4 is 5.32 Å². The van der Waals surface area contributed by atoms with E-state index >= 15 is 0 Å². The van der Waals surface area contributed by atoms with Gasteiger partial charge >= 0.3 is 5.97 Å². The minimum Gasteiger partial charge on any atom is -0.478 e. The quantitative estimate of drug-likeness (QED) is 0.883. The summed E-state index contributed by atoms with van der Waals surface area (Å²) in [6, 6.07) is 9.92. The van der Waals surface area contributed by atoms with Gasteiger partial charge in [0.2, 0.25) is 0 Å². The number of hydrogen-bond donors (Lipinski definition) is 2. The number of anilines is 1. The standard InChI is InChI=1S/C14H12N2O3/c1-9-4-2-5-10(8-9)13(17)16-12-11(14(18)19)6-3-7-15-12/h2-8H,1H3,(H,18,19)(H,15,16,17). The predicted molar refractivity (Wildman–Crippen MR) is 70.3 cm³/mol. The second kappa shape index (κ2) is 5.30. The fourth-order valence-corrected chi connectivity index (χ4v) is 1.64. The van der Waals surface area contributed by atoms with E-state index in [1.165, 1.54) is 18.3 Å². The van der Waals surface area contributed by atoms with Crippen LogP contribution in [0.25, 0.3) is 0 Å². The van der Waals surface area contributed by atoms with Crippen molar-refractivity contribution in [3.05, 3.63) is 59.3 Å². The fourth-order valence-electron chi connectivity index (χ4n) is 1.64. The smallest absolute Gasteiger partial charge is 0.339 e. The van der Waals surface area contributed by atoms with Gasteiger partial charge in [-0.15, -0.1) is 0 Å². The van der Waals surface area contributed by atoms with Crippen LogP contribution in [-0.4, -0.2) is 22.0 Å². The van der Waals surface area contributed by atoms with E-state index in [0.29, 0.717) is 5.56 Å². The molecule has 2 rings (SSSR count). The molecule has 0 aliphatic rings. The SMILES string of the molecule is Cc1cccc(C(=O)Nc2ncccc2C(=O)O)c1. The highest BCUT2D eigenvalue weighted by Gasteiger charge is 2.14. The molecule has 0 aliphatic heterocycles. The molecule has 0 aliphatic carbocycles.